The third kappa shape index (κ3) is 4.82. The van der Waals surface area contributed by atoms with Crippen LogP contribution in [0.25, 0.3) is 16.9 Å². The Morgan fingerprint density at radius 2 is 1.74 bits per heavy atom. The molecule has 6 rings (SSSR count). The van der Waals surface area contributed by atoms with E-state index in [4.69, 9.17) is 16.6 Å². The Bertz CT molecular complexity index is 1300. The molecule has 2 amide bonds. The second kappa shape index (κ2) is 10.7. The van der Waals surface area contributed by atoms with E-state index < -0.39 is 0 Å². The SMILES string of the molecule is CCN(C(=O)N1C2CC(=O)CC1CN(Cc1c(-c3ccc(Cl)cc3)nc3ccccn13)C2)C1CCCCC1. The first-order valence-electron chi connectivity index (χ1n) is 14.1. The van der Waals surface area contributed by atoms with Crippen molar-refractivity contribution in [2.45, 2.75) is 76.5 Å². The van der Waals surface area contributed by atoms with Crippen LogP contribution in [-0.4, -0.2) is 73.7 Å². The van der Waals surface area contributed by atoms with Crippen LogP contribution in [0.1, 0.15) is 57.6 Å². The zero-order valence-electron chi connectivity index (χ0n) is 22.1. The number of halogens is 1. The molecule has 1 aromatic carbocycles. The number of nitrogens with zero attached hydrogens (tertiary/aromatic N) is 5. The number of carbonyl (C=O) groups excluding carboxylic acids is 2. The summed E-state index contributed by atoms with van der Waals surface area (Å²) in [6.45, 7) is 4.90. The number of Topliss-reactive ketones (excluding diaryl/α,β-unsaturated/α-hetero) is 1. The average molecular weight is 534 g/mol. The Morgan fingerprint density at radius 3 is 2.42 bits per heavy atom. The molecule has 2 atom stereocenters. The van der Waals surface area contributed by atoms with E-state index in [0.717, 1.165) is 42.0 Å². The predicted octanol–water partition coefficient (Wildman–Crippen LogP) is 5.65. The Balaban J connectivity index is 1.27. The Morgan fingerprint density at radius 1 is 1.03 bits per heavy atom. The van der Waals surface area contributed by atoms with Crippen LogP contribution >= 0.6 is 11.6 Å². The van der Waals surface area contributed by atoms with E-state index in [0.29, 0.717) is 43.5 Å². The maximum absolute atomic E-state index is 13.9. The average Bonchev–Trinajstić information content (AvgIpc) is 3.27. The number of benzene rings is 1. The fourth-order valence-corrected chi connectivity index (χ4v) is 6.99. The second-order valence-corrected chi connectivity index (χ2v) is 11.5. The van der Waals surface area contributed by atoms with E-state index in [1.54, 1.807) is 0 Å². The summed E-state index contributed by atoms with van der Waals surface area (Å²) in [5.41, 5.74) is 4.00. The number of carbonyl (C=O) groups is 2. The summed E-state index contributed by atoms with van der Waals surface area (Å²) >= 11 is 6.16. The molecule has 3 fully saturated rings. The molecule has 3 aromatic rings. The van der Waals surface area contributed by atoms with Gasteiger partial charge in [0, 0.05) is 61.8 Å². The van der Waals surface area contributed by atoms with Gasteiger partial charge in [0.25, 0.3) is 0 Å². The third-order valence-corrected chi connectivity index (χ3v) is 8.85. The Hall–Kier alpha value is -2.90. The van der Waals surface area contributed by atoms with Gasteiger partial charge in [0.2, 0.25) is 0 Å². The molecule has 2 aromatic heterocycles. The Labute approximate surface area is 229 Å². The van der Waals surface area contributed by atoms with E-state index in [2.05, 4.69) is 32.2 Å². The van der Waals surface area contributed by atoms with Gasteiger partial charge in [-0.05, 0) is 44.0 Å². The monoisotopic (exact) mass is 533 g/mol. The normalized spacial score (nSPS) is 22.7. The van der Waals surface area contributed by atoms with Crippen molar-refractivity contribution in [3.8, 4) is 11.3 Å². The lowest BCUT2D eigenvalue weighted by molar-refractivity contribution is -0.127. The summed E-state index contributed by atoms with van der Waals surface area (Å²) in [6.07, 6.45) is 8.79. The highest BCUT2D eigenvalue weighted by Crippen LogP contribution is 2.33. The molecule has 8 heteroatoms. The second-order valence-electron chi connectivity index (χ2n) is 11.1. The highest BCUT2D eigenvalue weighted by molar-refractivity contribution is 6.30. The molecule has 2 saturated heterocycles. The van der Waals surface area contributed by atoms with Gasteiger partial charge in [0.15, 0.2) is 0 Å². The zero-order valence-corrected chi connectivity index (χ0v) is 22.8. The topological polar surface area (TPSA) is 61.2 Å². The minimum Gasteiger partial charge on any atom is -0.322 e. The number of urea groups is 1. The van der Waals surface area contributed by atoms with Crippen LogP contribution in [0.5, 0.6) is 0 Å². The van der Waals surface area contributed by atoms with E-state index in [-0.39, 0.29) is 23.9 Å². The molecule has 2 bridgehead atoms. The van der Waals surface area contributed by atoms with Crippen molar-refractivity contribution in [2.24, 2.45) is 0 Å². The molecule has 3 aliphatic rings. The van der Waals surface area contributed by atoms with Gasteiger partial charge in [-0.15, -0.1) is 0 Å². The van der Waals surface area contributed by atoms with Crippen LogP contribution in [0.2, 0.25) is 5.02 Å². The molecule has 0 spiro atoms. The molecule has 200 valence electrons. The summed E-state index contributed by atoms with van der Waals surface area (Å²) in [4.78, 5) is 38.1. The molecule has 4 heterocycles. The molecule has 1 saturated carbocycles. The predicted molar refractivity (Wildman–Crippen MR) is 149 cm³/mol. The minimum absolute atomic E-state index is 0.0849. The highest BCUT2D eigenvalue weighted by Gasteiger charge is 2.45. The first kappa shape index (κ1) is 25.4. The molecule has 7 nitrogen and oxygen atoms in total. The van der Waals surface area contributed by atoms with E-state index >= 15 is 0 Å². The fraction of sp³-hybridized carbons (Fsp3) is 0.500. The lowest BCUT2D eigenvalue weighted by atomic mass is 9.89. The van der Waals surface area contributed by atoms with Crippen LogP contribution in [-0.2, 0) is 11.3 Å². The lowest BCUT2D eigenvalue weighted by Gasteiger charge is -2.51. The van der Waals surface area contributed by atoms with E-state index in [9.17, 15) is 9.59 Å². The lowest BCUT2D eigenvalue weighted by Crippen LogP contribution is -2.66. The number of likely N-dealkylation sites (tertiary alicyclic amines) is 1. The standard InChI is InChI=1S/C30H36ClN5O2/c1-2-34(23-8-4-3-5-9-23)30(38)36-24-16-26(37)17-25(36)19-33(18-24)20-27-29(21-11-13-22(31)14-12-21)32-28-10-6-7-15-35(27)28/h6-7,10-15,23-25H,2-5,8-9,16-20H2,1H3. The molecular formula is C30H36ClN5O2. The number of amides is 2. The molecular weight excluding hydrogens is 498 g/mol. The number of rotatable bonds is 5. The maximum atomic E-state index is 13.9. The van der Waals surface area contributed by atoms with Crippen LogP contribution < -0.4 is 0 Å². The van der Waals surface area contributed by atoms with Gasteiger partial charge in [0.05, 0.1) is 23.5 Å². The van der Waals surface area contributed by atoms with Gasteiger partial charge in [0.1, 0.15) is 11.4 Å². The number of hydrogen-bond donors (Lipinski definition) is 0. The summed E-state index contributed by atoms with van der Waals surface area (Å²) in [5, 5.41) is 0.701. The highest BCUT2D eigenvalue weighted by atomic mass is 35.5. The van der Waals surface area contributed by atoms with Crippen molar-refractivity contribution in [1.82, 2.24) is 24.1 Å². The molecule has 1 aliphatic carbocycles. The van der Waals surface area contributed by atoms with Gasteiger partial charge in [-0.25, -0.2) is 9.78 Å². The number of imidazole rings is 1. The van der Waals surface area contributed by atoms with Crippen LogP contribution in [0.4, 0.5) is 4.79 Å². The number of fused-ring (bicyclic) bond motifs is 3. The van der Waals surface area contributed by atoms with Crippen molar-refractivity contribution in [3.05, 3.63) is 59.4 Å². The first-order valence-corrected chi connectivity index (χ1v) is 14.4. The van der Waals surface area contributed by atoms with Gasteiger partial charge in [-0.2, -0.15) is 0 Å². The van der Waals surface area contributed by atoms with Crippen molar-refractivity contribution >= 4 is 29.1 Å². The third-order valence-electron chi connectivity index (χ3n) is 8.59. The fourth-order valence-electron chi connectivity index (χ4n) is 6.86. The largest absolute Gasteiger partial charge is 0.322 e. The number of piperidine rings is 1. The van der Waals surface area contributed by atoms with Crippen LogP contribution in [0.15, 0.2) is 48.7 Å². The molecule has 0 N–H and O–H groups in total. The van der Waals surface area contributed by atoms with Crippen molar-refractivity contribution < 1.29 is 9.59 Å². The van der Waals surface area contributed by atoms with Gasteiger partial charge in [-0.3, -0.25) is 9.69 Å². The van der Waals surface area contributed by atoms with Gasteiger partial charge >= 0.3 is 6.03 Å². The summed E-state index contributed by atoms with van der Waals surface area (Å²) in [6, 6.07) is 14.2. The first-order chi connectivity index (χ1) is 18.5. The number of piperazine rings is 1. The van der Waals surface area contributed by atoms with Crippen molar-refractivity contribution in [1.29, 1.82) is 0 Å². The van der Waals surface area contributed by atoms with Crippen LogP contribution in [0.3, 0.4) is 0 Å². The van der Waals surface area contributed by atoms with E-state index in [1.807, 2.05) is 42.5 Å². The number of hydrogen-bond acceptors (Lipinski definition) is 4. The summed E-state index contributed by atoms with van der Waals surface area (Å²) in [5.74, 6) is 0.279. The molecule has 0 radical (unpaired) electrons. The number of pyridine rings is 1. The molecule has 2 unspecified atom stereocenters. The molecule has 38 heavy (non-hydrogen) atoms. The minimum atomic E-state index is -0.0849. The van der Waals surface area contributed by atoms with E-state index in [1.165, 1.54) is 19.3 Å². The van der Waals surface area contributed by atoms with Crippen molar-refractivity contribution in [2.75, 3.05) is 19.6 Å². The van der Waals surface area contributed by atoms with Crippen LogP contribution in [0, 0.1) is 0 Å². The van der Waals surface area contributed by atoms with Crippen molar-refractivity contribution in [3.63, 3.8) is 0 Å². The van der Waals surface area contributed by atoms with Gasteiger partial charge < -0.3 is 14.2 Å². The number of aromatic nitrogens is 2. The van der Waals surface area contributed by atoms with Gasteiger partial charge in [-0.1, -0.05) is 49.1 Å². The number of ketones is 1. The zero-order chi connectivity index (χ0) is 26.2. The maximum Gasteiger partial charge on any atom is 0.320 e. The summed E-state index contributed by atoms with van der Waals surface area (Å²) < 4.78 is 2.16. The summed E-state index contributed by atoms with van der Waals surface area (Å²) in [7, 11) is 0. The Kier molecular flexibility index (Phi) is 7.14. The smallest absolute Gasteiger partial charge is 0.320 e. The quantitative estimate of drug-likeness (QED) is 0.425. The molecule has 2 aliphatic heterocycles.